The molecule has 0 aliphatic carbocycles. The lowest BCUT2D eigenvalue weighted by molar-refractivity contribution is -0.140. The first-order valence-corrected chi connectivity index (χ1v) is 16.5. The van der Waals surface area contributed by atoms with Crippen molar-refractivity contribution >= 4 is 62.3 Å². The molecular formula is C33H32Cl3N3O4S. The molecular weight excluding hydrogens is 641 g/mol. The number of benzene rings is 4. The molecule has 0 radical (unpaired) electrons. The summed E-state index contributed by atoms with van der Waals surface area (Å²) in [5, 5.41) is 3.57. The quantitative estimate of drug-likeness (QED) is 0.177. The van der Waals surface area contributed by atoms with E-state index < -0.39 is 34.4 Å². The lowest BCUT2D eigenvalue weighted by atomic mass is 10.0. The van der Waals surface area contributed by atoms with Crippen molar-refractivity contribution in [1.82, 2.24) is 10.2 Å². The zero-order valence-electron chi connectivity index (χ0n) is 24.2. The number of hydrogen-bond acceptors (Lipinski definition) is 4. The van der Waals surface area contributed by atoms with Gasteiger partial charge in [-0.2, -0.15) is 0 Å². The minimum Gasteiger partial charge on any atom is -0.355 e. The summed E-state index contributed by atoms with van der Waals surface area (Å²) in [5.74, 6) is -1.05. The van der Waals surface area contributed by atoms with Gasteiger partial charge in [-0.3, -0.25) is 13.9 Å². The molecule has 4 rings (SSSR count). The first kappa shape index (κ1) is 33.3. The van der Waals surface area contributed by atoms with Crippen molar-refractivity contribution in [3.05, 3.63) is 129 Å². The lowest BCUT2D eigenvalue weighted by Gasteiger charge is -2.34. The molecule has 11 heteroatoms. The lowest BCUT2D eigenvalue weighted by Crippen LogP contribution is -2.53. The second kappa shape index (κ2) is 14.9. The van der Waals surface area contributed by atoms with Crippen LogP contribution in [0.1, 0.15) is 23.6 Å². The van der Waals surface area contributed by atoms with E-state index in [2.05, 4.69) is 5.32 Å². The number of hydrogen-bond donors (Lipinski definition) is 1. The van der Waals surface area contributed by atoms with Gasteiger partial charge in [0.05, 0.1) is 15.6 Å². The van der Waals surface area contributed by atoms with Gasteiger partial charge >= 0.3 is 0 Å². The van der Waals surface area contributed by atoms with E-state index in [-0.39, 0.29) is 28.6 Å². The van der Waals surface area contributed by atoms with Gasteiger partial charge in [0.2, 0.25) is 11.8 Å². The van der Waals surface area contributed by atoms with Gasteiger partial charge in [0, 0.05) is 35.1 Å². The highest BCUT2D eigenvalue weighted by Gasteiger charge is 2.35. The van der Waals surface area contributed by atoms with E-state index in [1.54, 1.807) is 55.5 Å². The number of nitrogens with one attached hydrogen (secondary N) is 1. The summed E-state index contributed by atoms with van der Waals surface area (Å²) >= 11 is 19.6. The predicted molar refractivity (Wildman–Crippen MR) is 177 cm³/mol. The van der Waals surface area contributed by atoms with Gasteiger partial charge in [-0.15, -0.1) is 0 Å². The van der Waals surface area contributed by atoms with Crippen LogP contribution < -0.4 is 9.62 Å². The van der Waals surface area contributed by atoms with Gasteiger partial charge in [-0.05, 0) is 55.8 Å². The number of anilines is 1. The Labute approximate surface area is 273 Å². The highest BCUT2D eigenvalue weighted by molar-refractivity contribution is 7.92. The molecule has 7 nitrogen and oxygen atoms in total. The minimum absolute atomic E-state index is 0.0129. The van der Waals surface area contributed by atoms with E-state index in [1.165, 1.54) is 23.1 Å². The normalized spacial score (nSPS) is 11.9. The van der Waals surface area contributed by atoms with Gasteiger partial charge in [0.15, 0.2) is 0 Å². The van der Waals surface area contributed by atoms with Crippen molar-refractivity contribution in [2.24, 2.45) is 0 Å². The highest BCUT2D eigenvalue weighted by Crippen LogP contribution is 2.32. The predicted octanol–water partition coefficient (Wildman–Crippen LogP) is 6.93. The second-order valence-electron chi connectivity index (χ2n) is 10.1. The van der Waals surface area contributed by atoms with Crippen molar-refractivity contribution < 1.29 is 18.0 Å². The summed E-state index contributed by atoms with van der Waals surface area (Å²) in [5.41, 5.74) is 2.23. The molecule has 2 amide bonds. The molecule has 0 saturated heterocycles. The molecule has 0 fully saturated rings. The summed E-state index contributed by atoms with van der Waals surface area (Å²) in [7, 11) is -4.28. The third-order valence-corrected chi connectivity index (χ3v) is 9.82. The molecule has 44 heavy (non-hydrogen) atoms. The first-order valence-electron chi connectivity index (χ1n) is 13.9. The smallest absolute Gasteiger partial charge is 0.264 e. The maximum Gasteiger partial charge on any atom is 0.264 e. The number of likely N-dealkylation sites (N-methyl/N-ethyl adjacent to an activating group) is 1. The molecule has 0 spiro atoms. The molecule has 1 N–H and O–H groups in total. The number of para-hydroxylation sites is 1. The third kappa shape index (κ3) is 7.93. The van der Waals surface area contributed by atoms with Crippen LogP contribution >= 0.6 is 34.8 Å². The minimum atomic E-state index is -4.28. The maximum absolute atomic E-state index is 14.4. The summed E-state index contributed by atoms with van der Waals surface area (Å²) in [4.78, 5) is 29.4. The summed E-state index contributed by atoms with van der Waals surface area (Å²) in [6.45, 7) is 3.16. The standard InChI is InChI=1S/C33H32Cl3N3O4S/c1-3-37-33(41)31(20-24-10-5-4-6-11-24)38(21-26-27(34)13-9-14-28(26)35)32(40)22-39(30-15-8-7-12-29(30)36)44(42,43)25-18-16-23(2)17-19-25/h4-19,31H,3,20-22H2,1-2H3,(H,37,41). The number of carbonyl (C=O) groups excluding carboxylic acids is 2. The number of sulfonamides is 1. The Morgan fingerprint density at radius 2 is 1.39 bits per heavy atom. The number of carbonyl (C=O) groups is 2. The molecule has 0 bridgehead atoms. The molecule has 4 aromatic carbocycles. The summed E-state index contributed by atoms with van der Waals surface area (Å²) < 4.78 is 29.2. The average molecular weight is 673 g/mol. The molecule has 1 atom stereocenters. The van der Waals surface area contributed by atoms with Gasteiger partial charge in [0.1, 0.15) is 12.6 Å². The van der Waals surface area contributed by atoms with Crippen molar-refractivity contribution in [2.45, 2.75) is 37.8 Å². The van der Waals surface area contributed by atoms with E-state index in [1.807, 2.05) is 37.3 Å². The van der Waals surface area contributed by atoms with Crippen LogP contribution in [-0.4, -0.2) is 44.3 Å². The van der Waals surface area contributed by atoms with Gasteiger partial charge in [-0.25, -0.2) is 8.42 Å². The number of nitrogens with zero attached hydrogens (tertiary/aromatic N) is 2. The Hall–Kier alpha value is -3.56. The molecule has 1 unspecified atom stereocenters. The van der Waals surface area contributed by atoms with Crippen molar-refractivity contribution in [2.75, 3.05) is 17.4 Å². The van der Waals surface area contributed by atoms with Crippen LogP contribution in [0.2, 0.25) is 15.1 Å². The van der Waals surface area contributed by atoms with Crippen molar-refractivity contribution in [3.63, 3.8) is 0 Å². The Kier molecular flexibility index (Phi) is 11.3. The van der Waals surface area contributed by atoms with Crippen LogP contribution in [0, 0.1) is 6.92 Å². The highest BCUT2D eigenvalue weighted by atomic mass is 35.5. The van der Waals surface area contributed by atoms with Crippen LogP contribution in [0.5, 0.6) is 0 Å². The molecule has 0 aromatic heterocycles. The zero-order chi connectivity index (χ0) is 31.9. The summed E-state index contributed by atoms with van der Waals surface area (Å²) in [6.07, 6.45) is 0.164. The van der Waals surface area contributed by atoms with E-state index in [0.717, 1.165) is 15.4 Å². The van der Waals surface area contributed by atoms with Gasteiger partial charge < -0.3 is 10.2 Å². The molecule has 0 aliphatic rings. The molecule has 0 aliphatic heterocycles. The zero-order valence-corrected chi connectivity index (χ0v) is 27.3. The van der Waals surface area contributed by atoms with E-state index in [0.29, 0.717) is 22.2 Å². The number of amides is 2. The Balaban J connectivity index is 1.84. The van der Waals surface area contributed by atoms with Crippen LogP contribution in [0.15, 0.2) is 102 Å². The van der Waals surface area contributed by atoms with E-state index >= 15 is 0 Å². The maximum atomic E-state index is 14.4. The van der Waals surface area contributed by atoms with Crippen molar-refractivity contribution in [3.8, 4) is 0 Å². The van der Waals surface area contributed by atoms with Gasteiger partial charge in [0.25, 0.3) is 10.0 Å². The fraction of sp³-hybridized carbons (Fsp3) is 0.212. The molecule has 4 aromatic rings. The topological polar surface area (TPSA) is 86.8 Å². The van der Waals surface area contributed by atoms with Crippen LogP contribution in [-0.2, 0) is 32.6 Å². The Morgan fingerprint density at radius 3 is 2.00 bits per heavy atom. The SMILES string of the molecule is CCNC(=O)C(Cc1ccccc1)N(Cc1c(Cl)cccc1Cl)C(=O)CN(c1ccccc1Cl)S(=O)(=O)c1ccc(C)cc1. The fourth-order valence-electron chi connectivity index (χ4n) is 4.70. The average Bonchev–Trinajstić information content (AvgIpc) is 3.00. The third-order valence-electron chi connectivity index (χ3n) is 7.02. The first-order chi connectivity index (χ1) is 21.0. The van der Waals surface area contributed by atoms with Crippen molar-refractivity contribution in [1.29, 1.82) is 0 Å². The Morgan fingerprint density at radius 1 is 0.795 bits per heavy atom. The van der Waals surface area contributed by atoms with Crippen LogP contribution in [0.3, 0.4) is 0 Å². The Bertz CT molecular complexity index is 1700. The molecule has 0 heterocycles. The van der Waals surface area contributed by atoms with E-state index in [9.17, 15) is 18.0 Å². The fourth-order valence-corrected chi connectivity index (χ4v) is 6.94. The number of aryl methyl sites for hydroxylation is 1. The van der Waals surface area contributed by atoms with Crippen LogP contribution in [0.25, 0.3) is 0 Å². The summed E-state index contributed by atoms with van der Waals surface area (Å²) in [6, 6.07) is 25.9. The van der Waals surface area contributed by atoms with E-state index in [4.69, 9.17) is 34.8 Å². The molecule has 230 valence electrons. The van der Waals surface area contributed by atoms with Crippen LogP contribution in [0.4, 0.5) is 5.69 Å². The number of rotatable bonds is 12. The van der Waals surface area contributed by atoms with Gasteiger partial charge in [-0.1, -0.05) is 101 Å². The molecule has 0 saturated carbocycles. The monoisotopic (exact) mass is 671 g/mol. The number of halogens is 3. The second-order valence-corrected chi connectivity index (χ2v) is 13.2. The largest absolute Gasteiger partial charge is 0.355 e.